The Hall–Kier alpha value is -2.41. The van der Waals surface area contributed by atoms with Crippen LogP contribution in [-0.4, -0.2) is 51.8 Å². The summed E-state index contributed by atoms with van der Waals surface area (Å²) in [6, 6.07) is 8.65. The summed E-state index contributed by atoms with van der Waals surface area (Å²) in [4.78, 5) is 14.9. The first-order valence-corrected chi connectivity index (χ1v) is 9.78. The van der Waals surface area contributed by atoms with Crippen LogP contribution in [0.5, 0.6) is 5.75 Å². The molecule has 0 radical (unpaired) electrons. The predicted molar refractivity (Wildman–Crippen MR) is 99.5 cm³/mol. The van der Waals surface area contributed by atoms with E-state index in [-0.39, 0.29) is 5.91 Å². The summed E-state index contributed by atoms with van der Waals surface area (Å²) < 4.78 is 7.29. The van der Waals surface area contributed by atoms with Crippen LogP contribution in [-0.2, 0) is 19.5 Å². The number of fused-ring (bicyclic) bond motifs is 2. The second kappa shape index (κ2) is 6.64. The van der Waals surface area contributed by atoms with Gasteiger partial charge in [0.15, 0.2) is 0 Å². The highest BCUT2D eigenvalue weighted by Gasteiger charge is 2.39. The zero-order valence-electron chi connectivity index (χ0n) is 15.6. The standard InChI is InChI=1S/C20H25N5O2/c1-27-17-6-2-13(3-7-17)9-24-10-14-8-18-22-23-19(20(26)21-16-4-5-16)25(18)12-15(14)11-24/h2-3,6-7,14-16H,4-5,8-12H2,1H3,(H,21,26)/t14-,15-/m1/s1. The molecule has 7 heteroatoms. The van der Waals surface area contributed by atoms with Crippen molar-refractivity contribution < 1.29 is 9.53 Å². The molecule has 1 amide bonds. The Morgan fingerprint density at radius 1 is 1.15 bits per heavy atom. The van der Waals surface area contributed by atoms with Crippen LogP contribution in [0.2, 0.25) is 0 Å². The minimum absolute atomic E-state index is 0.0669. The number of nitrogens with one attached hydrogen (secondary N) is 1. The van der Waals surface area contributed by atoms with Gasteiger partial charge in [-0.2, -0.15) is 0 Å². The van der Waals surface area contributed by atoms with Gasteiger partial charge < -0.3 is 14.6 Å². The van der Waals surface area contributed by atoms with E-state index in [4.69, 9.17) is 4.74 Å². The molecule has 0 unspecified atom stereocenters. The molecule has 1 N–H and O–H groups in total. The first kappa shape index (κ1) is 16.7. The summed E-state index contributed by atoms with van der Waals surface area (Å²) in [6.45, 7) is 3.93. The van der Waals surface area contributed by atoms with Crippen LogP contribution in [0.4, 0.5) is 0 Å². The minimum atomic E-state index is -0.0669. The third kappa shape index (κ3) is 3.32. The number of nitrogens with zero attached hydrogens (tertiary/aromatic N) is 4. The van der Waals surface area contributed by atoms with E-state index < -0.39 is 0 Å². The molecule has 1 aromatic carbocycles. The van der Waals surface area contributed by atoms with Crippen LogP contribution in [0, 0.1) is 11.8 Å². The molecule has 3 heterocycles. The van der Waals surface area contributed by atoms with Gasteiger partial charge in [0.1, 0.15) is 11.6 Å². The highest BCUT2D eigenvalue weighted by atomic mass is 16.5. The molecule has 27 heavy (non-hydrogen) atoms. The average Bonchev–Trinajstić information content (AvgIpc) is 3.25. The van der Waals surface area contributed by atoms with Gasteiger partial charge in [-0.05, 0) is 42.4 Å². The SMILES string of the molecule is COc1ccc(CN2C[C@H]3Cc4nnc(C(=O)NC5CC5)n4C[C@H]3C2)cc1. The van der Waals surface area contributed by atoms with E-state index in [0.717, 1.165) is 57.0 Å². The van der Waals surface area contributed by atoms with E-state index in [9.17, 15) is 4.79 Å². The van der Waals surface area contributed by atoms with Gasteiger partial charge in [-0.15, -0.1) is 10.2 Å². The monoisotopic (exact) mass is 367 g/mol. The first-order valence-electron chi connectivity index (χ1n) is 9.78. The number of hydrogen-bond donors (Lipinski definition) is 1. The van der Waals surface area contributed by atoms with Crippen molar-refractivity contribution in [1.29, 1.82) is 0 Å². The fourth-order valence-electron chi connectivity index (χ4n) is 4.39. The lowest BCUT2D eigenvalue weighted by molar-refractivity contribution is 0.0932. The van der Waals surface area contributed by atoms with Crippen molar-refractivity contribution in [2.45, 2.75) is 38.4 Å². The number of aromatic nitrogens is 3. The third-order valence-corrected chi connectivity index (χ3v) is 6.02. The summed E-state index contributed by atoms with van der Waals surface area (Å²) in [5, 5.41) is 11.5. The van der Waals surface area contributed by atoms with Gasteiger partial charge in [-0.3, -0.25) is 9.69 Å². The number of amides is 1. The minimum Gasteiger partial charge on any atom is -0.497 e. The van der Waals surface area contributed by atoms with E-state index in [0.29, 0.717) is 23.7 Å². The molecule has 3 aliphatic rings. The van der Waals surface area contributed by atoms with Gasteiger partial charge in [-0.1, -0.05) is 12.1 Å². The number of likely N-dealkylation sites (tertiary alicyclic amines) is 1. The molecule has 0 bridgehead atoms. The van der Waals surface area contributed by atoms with Gasteiger partial charge in [-0.25, -0.2) is 0 Å². The summed E-state index contributed by atoms with van der Waals surface area (Å²) >= 11 is 0. The fourth-order valence-corrected chi connectivity index (χ4v) is 4.39. The van der Waals surface area contributed by atoms with Gasteiger partial charge in [0, 0.05) is 38.6 Å². The molecular formula is C20H25N5O2. The van der Waals surface area contributed by atoms with Crippen molar-refractivity contribution in [2.75, 3.05) is 20.2 Å². The number of ether oxygens (including phenoxy) is 1. The maximum Gasteiger partial charge on any atom is 0.289 e. The fraction of sp³-hybridized carbons (Fsp3) is 0.550. The van der Waals surface area contributed by atoms with E-state index in [1.54, 1.807) is 7.11 Å². The molecule has 2 aromatic rings. The molecule has 1 saturated carbocycles. The van der Waals surface area contributed by atoms with Gasteiger partial charge in [0.2, 0.25) is 5.82 Å². The van der Waals surface area contributed by atoms with Crippen molar-refractivity contribution in [3.63, 3.8) is 0 Å². The number of carbonyl (C=O) groups excluding carboxylic acids is 1. The van der Waals surface area contributed by atoms with Gasteiger partial charge in [0.05, 0.1) is 7.11 Å². The molecule has 0 spiro atoms. The third-order valence-electron chi connectivity index (χ3n) is 6.02. The van der Waals surface area contributed by atoms with Crippen LogP contribution in [0.25, 0.3) is 0 Å². The maximum atomic E-state index is 12.4. The molecule has 1 aliphatic carbocycles. The summed E-state index contributed by atoms with van der Waals surface area (Å²) in [7, 11) is 1.69. The van der Waals surface area contributed by atoms with Gasteiger partial charge >= 0.3 is 0 Å². The van der Waals surface area contributed by atoms with Crippen LogP contribution in [0.15, 0.2) is 24.3 Å². The highest BCUT2D eigenvalue weighted by molar-refractivity contribution is 5.91. The van der Waals surface area contributed by atoms with Crippen LogP contribution in [0.3, 0.4) is 0 Å². The lowest BCUT2D eigenvalue weighted by Crippen LogP contribution is -2.33. The van der Waals surface area contributed by atoms with E-state index >= 15 is 0 Å². The topological polar surface area (TPSA) is 72.3 Å². The molecule has 1 aromatic heterocycles. The molecule has 1 saturated heterocycles. The van der Waals surface area contributed by atoms with Crippen molar-refractivity contribution >= 4 is 5.91 Å². The zero-order chi connectivity index (χ0) is 18.4. The number of methoxy groups -OCH3 is 1. The Bertz CT molecular complexity index is 843. The average molecular weight is 367 g/mol. The summed E-state index contributed by atoms with van der Waals surface area (Å²) in [5.74, 6) is 3.43. The molecule has 2 atom stereocenters. The number of hydrogen-bond acceptors (Lipinski definition) is 5. The van der Waals surface area contributed by atoms with Crippen LogP contribution in [0.1, 0.15) is 34.8 Å². The molecular weight excluding hydrogens is 342 g/mol. The van der Waals surface area contributed by atoms with E-state index in [2.05, 4.69) is 37.1 Å². The second-order valence-corrected chi connectivity index (χ2v) is 8.06. The Morgan fingerprint density at radius 3 is 2.67 bits per heavy atom. The number of rotatable bonds is 5. The lowest BCUT2D eigenvalue weighted by Gasteiger charge is -2.25. The van der Waals surface area contributed by atoms with E-state index in [1.165, 1.54) is 5.56 Å². The summed E-state index contributed by atoms with van der Waals surface area (Å²) in [6.07, 6.45) is 3.07. The van der Waals surface area contributed by atoms with Crippen molar-refractivity contribution in [3.05, 3.63) is 41.5 Å². The van der Waals surface area contributed by atoms with Crippen molar-refractivity contribution in [3.8, 4) is 5.75 Å². The zero-order valence-corrected chi connectivity index (χ0v) is 15.6. The van der Waals surface area contributed by atoms with Gasteiger partial charge in [0.25, 0.3) is 5.91 Å². The van der Waals surface area contributed by atoms with E-state index in [1.807, 2.05) is 12.1 Å². The summed E-state index contributed by atoms with van der Waals surface area (Å²) in [5.41, 5.74) is 1.30. The molecule has 142 valence electrons. The van der Waals surface area contributed by atoms with Crippen molar-refractivity contribution in [2.24, 2.45) is 11.8 Å². The quantitative estimate of drug-likeness (QED) is 0.867. The Morgan fingerprint density at radius 2 is 1.93 bits per heavy atom. The number of benzene rings is 1. The smallest absolute Gasteiger partial charge is 0.289 e. The van der Waals surface area contributed by atoms with Crippen LogP contribution >= 0.6 is 0 Å². The molecule has 7 nitrogen and oxygen atoms in total. The number of carbonyl (C=O) groups is 1. The second-order valence-electron chi connectivity index (χ2n) is 8.06. The largest absolute Gasteiger partial charge is 0.497 e. The maximum absolute atomic E-state index is 12.4. The predicted octanol–water partition coefficient (Wildman–Crippen LogP) is 1.48. The first-order chi connectivity index (χ1) is 13.2. The van der Waals surface area contributed by atoms with Crippen LogP contribution < -0.4 is 10.1 Å². The lowest BCUT2D eigenvalue weighted by atomic mass is 9.89. The molecule has 2 aliphatic heterocycles. The Balaban J connectivity index is 1.25. The highest BCUT2D eigenvalue weighted by Crippen LogP contribution is 2.33. The Kier molecular flexibility index (Phi) is 4.11. The molecule has 2 fully saturated rings. The van der Waals surface area contributed by atoms with Crippen molar-refractivity contribution in [1.82, 2.24) is 25.0 Å². The normalized spacial score (nSPS) is 24.3. The Labute approximate surface area is 158 Å². The molecule has 5 rings (SSSR count).